The third-order valence-electron chi connectivity index (χ3n) is 5.37. The highest BCUT2D eigenvalue weighted by Crippen LogP contribution is 2.13. The molecule has 0 spiro atoms. The number of rotatable bonds is 21. The molecule has 0 saturated carbocycles. The standard InChI is InChI=1S/C23H45IN2O2/c1-3-4-5-6-7-8-9-10-11-12-13-14-15-19-22(27)26-20-17-16-18-21(25-2)23(24)28/h21,25H,3-20H2,1-2H3,(H,26,27). The summed E-state index contributed by atoms with van der Waals surface area (Å²) in [5, 5.41) is 6.03. The molecule has 0 saturated heterocycles. The van der Waals surface area contributed by atoms with Crippen LogP contribution in [0.2, 0.25) is 0 Å². The van der Waals surface area contributed by atoms with Gasteiger partial charge in [0.05, 0.1) is 6.04 Å². The summed E-state index contributed by atoms with van der Waals surface area (Å²) in [6.07, 6.45) is 20.7. The van der Waals surface area contributed by atoms with Crippen molar-refractivity contribution in [1.29, 1.82) is 0 Å². The smallest absolute Gasteiger partial charge is 0.219 e. The lowest BCUT2D eigenvalue weighted by molar-refractivity contribution is -0.121. The van der Waals surface area contributed by atoms with Gasteiger partial charge in [0.1, 0.15) is 0 Å². The van der Waals surface area contributed by atoms with Crippen molar-refractivity contribution >= 4 is 32.3 Å². The summed E-state index contributed by atoms with van der Waals surface area (Å²) >= 11 is 1.84. The number of nitrogens with one attached hydrogen (secondary N) is 2. The number of amides is 1. The Morgan fingerprint density at radius 3 is 1.71 bits per heavy atom. The third kappa shape index (κ3) is 19.2. The van der Waals surface area contributed by atoms with Crippen molar-refractivity contribution in [1.82, 2.24) is 10.6 Å². The maximum Gasteiger partial charge on any atom is 0.219 e. The molecular weight excluding hydrogens is 463 g/mol. The van der Waals surface area contributed by atoms with E-state index in [9.17, 15) is 9.59 Å². The minimum absolute atomic E-state index is 0.0536. The Hall–Kier alpha value is -0.170. The van der Waals surface area contributed by atoms with Crippen molar-refractivity contribution in [2.75, 3.05) is 13.6 Å². The summed E-state index contributed by atoms with van der Waals surface area (Å²) in [6.45, 7) is 3.00. The van der Waals surface area contributed by atoms with Crippen LogP contribution in [0, 0.1) is 0 Å². The second-order valence-electron chi connectivity index (χ2n) is 7.98. The Labute approximate surface area is 187 Å². The second-order valence-corrected chi connectivity index (χ2v) is 9.05. The largest absolute Gasteiger partial charge is 0.356 e. The highest BCUT2D eigenvalue weighted by molar-refractivity contribution is 14.1. The summed E-state index contributed by atoms with van der Waals surface area (Å²) in [7, 11) is 1.82. The molecule has 4 nitrogen and oxygen atoms in total. The Morgan fingerprint density at radius 2 is 1.25 bits per heavy atom. The van der Waals surface area contributed by atoms with Crippen LogP contribution in [0.4, 0.5) is 0 Å². The molecule has 0 aliphatic heterocycles. The predicted molar refractivity (Wildman–Crippen MR) is 129 cm³/mol. The SMILES string of the molecule is CCCCCCCCCCCCCCCC(=O)NCCCCC(NC)C(=O)I. The fourth-order valence-electron chi connectivity index (χ4n) is 3.46. The topological polar surface area (TPSA) is 58.2 Å². The van der Waals surface area contributed by atoms with Crippen molar-refractivity contribution in [3.63, 3.8) is 0 Å². The minimum atomic E-state index is -0.0536. The average molecular weight is 509 g/mol. The van der Waals surface area contributed by atoms with E-state index < -0.39 is 0 Å². The molecule has 28 heavy (non-hydrogen) atoms. The number of unbranched alkanes of at least 4 members (excludes halogenated alkanes) is 13. The van der Waals surface area contributed by atoms with Crippen molar-refractivity contribution in [3.8, 4) is 0 Å². The molecule has 0 aromatic rings. The molecule has 0 rings (SSSR count). The van der Waals surface area contributed by atoms with Gasteiger partial charge in [0.2, 0.25) is 9.70 Å². The highest BCUT2D eigenvalue weighted by Gasteiger charge is 2.11. The first-order valence-corrected chi connectivity index (χ1v) is 12.8. The van der Waals surface area contributed by atoms with Crippen molar-refractivity contribution in [2.24, 2.45) is 0 Å². The van der Waals surface area contributed by atoms with Gasteiger partial charge in [-0.25, -0.2) is 0 Å². The first kappa shape index (κ1) is 27.8. The molecule has 166 valence electrons. The van der Waals surface area contributed by atoms with Crippen LogP contribution in [-0.4, -0.2) is 29.3 Å². The van der Waals surface area contributed by atoms with E-state index in [0.29, 0.717) is 6.42 Å². The fraction of sp³-hybridized carbons (Fsp3) is 0.913. The molecule has 1 unspecified atom stereocenters. The van der Waals surface area contributed by atoms with Gasteiger partial charge in [0.25, 0.3) is 0 Å². The number of hydrogen-bond acceptors (Lipinski definition) is 3. The molecular formula is C23H45IN2O2. The van der Waals surface area contributed by atoms with Crippen molar-refractivity contribution in [3.05, 3.63) is 0 Å². The molecule has 2 N–H and O–H groups in total. The zero-order chi connectivity index (χ0) is 20.9. The second kappa shape index (κ2) is 21.5. The lowest BCUT2D eigenvalue weighted by atomic mass is 10.0. The molecule has 0 aromatic carbocycles. The lowest BCUT2D eigenvalue weighted by Gasteiger charge is -2.11. The average Bonchev–Trinajstić information content (AvgIpc) is 2.68. The highest BCUT2D eigenvalue weighted by atomic mass is 127. The van der Waals surface area contributed by atoms with Crippen LogP contribution < -0.4 is 10.6 Å². The van der Waals surface area contributed by atoms with Crippen LogP contribution in [0.5, 0.6) is 0 Å². The van der Waals surface area contributed by atoms with E-state index in [1.807, 2.05) is 29.6 Å². The summed E-state index contributed by atoms with van der Waals surface area (Å²) in [5.41, 5.74) is 0. The fourth-order valence-corrected chi connectivity index (χ4v) is 4.09. The molecule has 0 aliphatic rings. The number of hydrogen-bond donors (Lipinski definition) is 2. The number of halogens is 1. The summed E-state index contributed by atoms with van der Waals surface area (Å²) in [5.74, 6) is 0.179. The molecule has 1 amide bonds. The lowest BCUT2D eigenvalue weighted by Crippen LogP contribution is -2.31. The van der Waals surface area contributed by atoms with Gasteiger partial charge in [-0.2, -0.15) is 0 Å². The van der Waals surface area contributed by atoms with Crippen LogP contribution >= 0.6 is 22.6 Å². The number of carbonyl (C=O) groups excluding carboxylic acids is 2. The first-order valence-electron chi connectivity index (χ1n) is 11.7. The Bertz CT molecular complexity index is 378. The van der Waals surface area contributed by atoms with Crippen molar-refractivity contribution < 1.29 is 9.59 Å². The van der Waals surface area contributed by atoms with Crippen LogP contribution in [0.3, 0.4) is 0 Å². The zero-order valence-electron chi connectivity index (χ0n) is 18.5. The molecule has 0 aromatic heterocycles. The van der Waals surface area contributed by atoms with Gasteiger partial charge in [0, 0.05) is 35.6 Å². The molecule has 5 heteroatoms. The van der Waals surface area contributed by atoms with Gasteiger partial charge < -0.3 is 10.6 Å². The summed E-state index contributed by atoms with van der Waals surface area (Å²) in [4.78, 5) is 23.1. The summed E-state index contributed by atoms with van der Waals surface area (Å²) in [6, 6.07) is -0.0536. The summed E-state index contributed by atoms with van der Waals surface area (Å²) < 4.78 is 0.159. The predicted octanol–water partition coefficient (Wildman–Crippen LogP) is 6.30. The first-order chi connectivity index (χ1) is 13.6. The van der Waals surface area contributed by atoms with Crippen LogP contribution in [-0.2, 0) is 9.59 Å². The van der Waals surface area contributed by atoms with Crippen LogP contribution in [0.25, 0.3) is 0 Å². The number of carbonyl (C=O) groups is 2. The molecule has 0 fully saturated rings. The monoisotopic (exact) mass is 508 g/mol. The van der Waals surface area contributed by atoms with Gasteiger partial charge in [-0.3, -0.25) is 9.59 Å². The van der Waals surface area contributed by atoms with E-state index in [-0.39, 0.29) is 15.7 Å². The normalized spacial score (nSPS) is 12.1. The maximum absolute atomic E-state index is 11.8. The van der Waals surface area contributed by atoms with E-state index in [1.165, 1.54) is 77.0 Å². The van der Waals surface area contributed by atoms with Gasteiger partial charge in [-0.05, 0) is 32.7 Å². The van der Waals surface area contributed by atoms with Gasteiger partial charge in [-0.15, -0.1) is 0 Å². The number of likely N-dealkylation sites (N-methyl/N-ethyl adjacent to an activating group) is 1. The van der Waals surface area contributed by atoms with Gasteiger partial charge in [0.15, 0.2) is 0 Å². The Balaban J connectivity index is 3.28. The maximum atomic E-state index is 11.8. The Morgan fingerprint density at radius 1 is 0.750 bits per heavy atom. The van der Waals surface area contributed by atoms with Crippen LogP contribution in [0.15, 0.2) is 0 Å². The minimum Gasteiger partial charge on any atom is -0.356 e. The third-order valence-corrected chi connectivity index (χ3v) is 6.12. The van der Waals surface area contributed by atoms with E-state index in [4.69, 9.17) is 0 Å². The van der Waals surface area contributed by atoms with E-state index in [2.05, 4.69) is 17.6 Å². The molecule has 0 radical (unpaired) electrons. The zero-order valence-corrected chi connectivity index (χ0v) is 20.7. The molecule has 0 aliphatic carbocycles. The molecule has 0 heterocycles. The van der Waals surface area contributed by atoms with E-state index in [1.54, 1.807) is 0 Å². The van der Waals surface area contributed by atoms with Crippen molar-refractivity contribution in [2.45, 2.75) is 122 Å². The van der Waals surface area contributed by atoms with E-state index >= 15 is 0 Å². The van der Waals surface area contributed by atoms with Crippen LogP contribution in [0.1, 0.15) is 116 Å². The van der Waals surface area contributed by atoms with Gasteiger partial charge >= 0.3 is 0 Å². The molecule has 1 atom stereocenters. The van der Waals surface area contributed by atoms with E-state index in [0.717, 1.165) is 32.2 Å². The van der Waals surface area contributed by atoms with Gasteiger partial charge in [-0.1, -0.05) is 84.0 Å². The quantitative estimate of drug-likeness (QED) is 0.109. The molecule has 0 bridgehead atoms. The Kier molecular flexibility index (Phi) is 21.4.